The summed E-state index contributed by atoms with van der Waals surface area (Å²) in [6.07, 6.45) is -2.73. The molecule has 7 heteroatoms. The third-order valence-corrected chi connectivity index (χ3v) is 2.01. The van der Waals surface area contributed by atoms with Crippen molar-refractivity contribution in [1.82, 2.24) is 5.32 Å². The van der Waals surface area contributed by atoms with Gasteiger partial charge in [-0.1, -0.05) is 6.07 Å². The summed E-state index contributed by atoms with van der Waals surface area (Å²) in [5.41, 5.74) is -0.560. The average molecular weight is 270 g/mol. The highest BCUT2D eigenvalue weighted by Crippen LogP contribution is 2.30. The van der Waals surface area contributed by atoms with Crippen molar-refractivity contribution in [2.75, 3.05) is 5.32 Å². The molecule has 0 heterocycles. The second-order valence-corrected chi connectivity index (χ2v) is 4.01. The van der Waals surface area contributed by atoms with E-state index in [4.69, 9.17) is 5.26 Å². The standard InChI is InChI=1S/C12H13F3N4/c1-8(2)18-11(17-7-16)19-10-5-3-4-9(6-10)12(13,14)15/h3-6,8H,1-2H3,(H2,17,18,19). The molecule has 0 atom stereocenters. The number of nitrogens with zero attached hydrogens (tertiary/aromatic N) is 2. The summed E-state index contributed by atoms with van der Waals surface area (Å²) in [6.45, 7) is 3.57. The molecule has 102 valence electrons. The number of guanidine groups is 1. The minimum Gasteiger partial charge on any atom is -0.326 e. The van der Waals surface area contributed by atoms with Gasteiger partial charge in [-0.25, -0.2) is 4.99 Å². The molecule has 2 N–H and O–H groups in total. The van der Waals surface area contributed by atoms with Gasteiger partial charge >= 0.3 is 6.18 Å². The van der Waals surface area contributed by atoms with E-state index in [0.717, 1.165) is 12.1 Å². The number of benzene rings is 1. The highest BCUT2D eigenvalue weighted by atomic mass is 19.4. The topological polar surface area (TPSA) is 60.2 Å². The first-order chi connectivity index (χ1) is 8.82. The van der Waals surface area contributed by atoms with Gasteiger partial charge in [0, 0.05) is 11.7 Å². The molecule has 0 fully saturated rings. The van der Waals surface area contributed by atoms with Gasteiger partial charge in [-0.15, -0.1) is 0 Å². The molecular weight excluding hydrogens is 257 g/mol. The van der Waals surface area contributed by atoms with E-state index in [1.54, 1.807) is 20.0 Å². The fourth-order valence-electron chi connectivity index (χ4n) is 1.32. The molecule has 0 aliphatic carbocycles. The number of aliphatic imine (C=N–C) groups is 1. The molecule has 1 aromatic rings. The number of anilines is 1. The molecule has 19 heavy (non-hydrogen) atoms. The maximum absolute atomic E-state index is 12.5. The SMILES string of the molecule is CC(C)N=C(NC#N)Nc1cccc(C(F)(F)F)c1. The summed E-state index contributed by atoms with van der Waals surface area (Å²) in [5, 5.41) is 13.5. The summed E-state index contributed by atoms with van der Waals surface area (Å²) >= 11 is 0. The number of halogens is 3. The van der Waals surface area contributed by atoms with Gasteiger partial charge < -0.3 is 5.32 Å². The number of alkyl halides is 3. The Kier molecular flexibility index (Phi) is 4.75. The Morgan fingerprint density at radius 3 is 2.58 bits per heavy atom. The molecule has 0 aliphatic rings. The van der Waals surface area contributed by atoms with Crippen LogP contribution in [0.4, 0.5) is 18.9 Å². The van der Waals surface area contributed by atoms with Gasteiger partial charge in [0.2, 0.25) is 5.96 Å². The van der Waals surface area contributed by atoms with Crippen molar-refractivity contribution in [3.05, 3.63) is 29.8 Å². The Hall–Kier alpha value is -2.23. The van der Waals surface area contributed by atoms with Gasteiger partial charge in [-0.05, 0) is 32.0 Å². The zero-order valence-electron chi connectivity index (χ0n) is 10.4. The van der Waals surface area contributed by atoms with Crippen LogP contribution in [0.5, 0.6) is 0 Å². The van der Waals surface area contributed by atoms with E-state index in [1.165, 1.54) is 12.1 Å². The molecule has 0 spiro atoms. The highest BCUT2D eigenvalue weighted by molar-refractivity contribution is 5.94. The van der Waals surface area contributed by atoms with Gasteiger partial charge in [0.15, 0.2) is 6.19 Å². The summed E-state index contributed by atoms with van der Waals surface area (Å²) in [7, 11) is 0. The van der Waals surface area contributed by atoms with E-state index >= 15 is 0 Å². The summed E-state index contributed by atoms with van der Waals surface area (Å²) in [5.74, 6) is 0.108. The molecule has 0 radical (unpaired) electrons. The van der Waals surface area contributed by atoms with Crippen LogP contribution in [-0.4, -0.2) is 12.0 Å². The molecule has 4 nitrogen and oxygen atoms in total. The Bertz CT molecular complexity index is 500. The Morgan fingerprint density at radius 2 is 2.05 bits per heavy atom. The average Bonchev–Trinajstić information content (AvgIpc) is 2.27. The number of nitrogens with one attached hydrogen (secondary N) is 2. The number of hydrogen-bond acceptors (Lipinski definition) is 2. The van der Waals surface area contributed by atoms with Crippen molar-refractivity contribution in [3.8, 4) is 6.19 Å². The molecule has 0 bridgehead atoms. The second kappa shape index (κ2) is 6.09. The molecule has 0 amide bonds. The van der Waals surface area contributed by atoms with Crippen molar-refractivity contribution in [1.29, 1.82) is 5.26 Å². The smallest absolute Gasteiger partial charge is 0.326 e. The van der Waals surface area contributed by atoms with Crippen molar-refractivity contribution in [2.24, 2.45) is 4.99 Å². The van der Waals surface area contributed by atoms with E-state index in [2.05, 4.69) is 15.6 Å². The van der Waals surface area contributed by atoms with Crippen molar-refractivity contribution in [3.63, 3.8) is 0 Å². The zero-order valence-corrected chi connectivity index (χ0v) is 10.4. The van der Waals surface area contributed by atoms with Gasteiger partial charge in [0.25, 0.3) is 0 Å². The van der Waals surface area contributed by atoms with E-state index in [-0.39, 0.29) is 17.7 Å². The maximum atomic E-state index is 12.5. The minimum absolute atomic E-state index is 0.103. The first kappa shape index (κ1) is 14.8. The summed E-state index contributed by atoms with van der Waals surface area (Å²) in [6, 6.07) is 4.57. The minimum atomic E-state index is -4.41. The number of nitriles is 1. The quantitative estimate of drug-likeness (QED) is 0.376. The van der Waals surface area contributed by atoms with Gasteiger partial charge in [0.1, 0.15) is 0 Å². The van der Waals surface area contributed by atoms with Crippen LogP contribution >= 0.6 is 0 Å². The van der Waals surface area contributed by atoms with Crippen LogP contribution in [0.2, 0.25) is 0 Å². The molecule has 0 aromatic heterocycles. The zero-order chi connectivity index (χ0) is 14.5. The number of rotatable bonds is 2. The van der Waals surface area contributed by atoms with Gasteiger partial charge in [-0.2, -0.15) is 18.4 Å². The first-order valence-electron chi connectivity index (χ1n) is 5.50. The lowest BCUT2D eigenvalue weighted by Crippen LogP contribution is -2.28. The molecule has 0 saturated carbocycles. The predicted octanol–water partition coefficient (Wildman–Crippen LogP) is 2.95. The van der Waals surface area contributed by atoms with E-state index < -0.39 is 11.7 Å². The maximum Gasteiger partial charge on any atom is 0.416 e. The van der Waals surface area contributed by atoms with Crippen molar-refractivity contribution < 1.29 is 13.2 Å². The fourth-order valence-corrected chi connectivity index (χ4v) is 1.32. The normalized spacial score (nSPS) is 12.2. The molecular formula is C12H13F3N4. The third kappa shape index (κ3) is 4.87. The molecule has 0 aliphatic heterocycles. The van der Waals surface area contributed by atoms with E-state index in [0.29, 0.717) is 0 Å². The number of hydrogen-bond donors (Lipinski definition) is 2. The lowest BCUT2D eigenvalue weighted by Gasteiger charge is -2.12. The third-order valence-electron chi connectivity index (χ3n) is 2.01. The fraction of sp³-hybridized carbons (Fsp3) is 0.333. The van der Waals surface area contributed by atoms with Crippen LogP contribution in [-0.2, 0) is 6.18 Å². The molecule has 1 rings (SSSR count). The van der Waals surface area contributed by atoms with E-state index in [9.17, 15) is 13.2 Å². The largest absolute Gasteiger partial charge is 0.416 e. The van der Waals surface area contributed by atoms with Crippen molar-refractivity contribution >= 4 is 11.6 Å². The van der Waals surface area contributed by atoms with Crippen LogP contribution < -0.4 is 10.6 Å². The van der Waals surface area contributed by atoms with E-state index in [1.807, 2.05) is 0 Å². The Labute approximate surface area is 109 Å². The van der Waals surface area contributed by atoms with Crippen LogP contribution in [0.3, 0.4) is 0 Å². The lowest BCUT2D eigenvalue weighted by atomic mass is 10.2. The Balaban J connectivity index is 2.95. The summed E-state index contributed by atoms with van der Waals surface area (Å²) < 4.78 is 37.6. The van der Waals surface area contributed by atoms with Gasteiger partial charge in [-0.3, -0.25) is 5.32 Å². The predicted molar refractivity (Wildman–Crippen MR) is 66.4 cm³/mol. The highest BCUT2D eigenvalue weighted by Gasteiger charge is 2.30. The monoisotopic (exact) mass is 270 g/mol. The molecule has 0 saturated heterocycles. The Morgan fingerprint density at radius 1 is 1.37 bits per heavy atom. The summed E-state index contributed by atoms with van der Waals surface area (Å²) in [4.78, 5) is 4.04. The van der Waals surface area contributed by atoms with Gasteiger partial charge in [0.05, 0.1) is 5.56 Å². The van der Waals surface area contributed by atoms with Crippen LogP contribution in [0.1, 0.15) is 19.4 Å². The van der Waals surface area contributed by atoms with Crippen molar-refractivity contribution in [2.45, 2.75) is 26.1 Å². The molecule has 0 unspecified atom stereocenters. The first-order valence-corrected chi connectivity index (χ1v) is 5.50. The lowest BCUT2D eigenvalue weighted by molar-refractivity contribution is -0.137. The second-order valence-electron chi connectivity index (χ2n) is 4.01. The van der Waals surface area contributed by atoms with Crippen LogP contribution in [0.25, 0.3) is 0 Å². The molecule has 1 aromatic carbocycles. The van der Waals surface area contributed by atoms with Crippen LogP contribution in [0.15, 0.2) is 29.3 Å². The van der Waals surface area contributed by atoms with Crippen LogP contribution in [0, 0.1) is 11.5 Å².